The van der Waals surface area contributed by atoms with Crippen LogP contribution in [0.2, 0.25) is 0 Å². The number of benzene rings is 1. The Bertz CT molecular complexity index is 531. The van der Waals surface area contributed by atoms with Crippen molar-refractivity contribution in [3.8, 4) is 17.0 Å². The minimum absolute atomic E-state index is 0.937. The second-order valence-electron chi connectivity index (χ2n) is 4.24. The van der Waals surface area contributed by atoms with Gasteiger partial charge in [0.2, 0.25) is 0 Å². The summed E-state index contributed by atoms with van der Waals surface area (Å²) >= 11 is 0. The summed E-state index contributed by atoms with van der Waals surface area (Å²) in [6.07, 6.45) is 0. The summed E-state index contributed by atoms with van der Waals surface area (Å²) in [5, 5.41) is 3.38. The Hall–Kier alpha value is -1.74. The van der Waals surface area contributed by atoms with E-state index in [1.807, 2.05) is 12.1 Å². The first kappa shape index (κ1) is 10.4. The summed E-state index contributed by atoms with van der Waals surface area (Å²) in [7, 11) is 1.72. The van der Waals surface area contributed by atoms with Crippen LogP contribution in [0.15, 0.2) is 36.4 Å². The van der Waals surface area contributed by atoms with E-state index in [4.69, 9.17) is 4.74 Å². The molecule has 3 rings (SSSR count). The van der Waals surface area contributed by atoms with E-state index in [0.29, 0.717) is 0 Å². The Labute approximate surface area is 101 Å². The molecule has 3 heteroatoms. The molecule has 2 heterocycles. The van der Waals surface area contributed by atoms with Crippen LogP contribution in [0, 0.1) is 0 Å². The van der Waals surface area contributed by atoms with E-state index < -0.39 is 0 Å². The van der Waals surface area contributed by atoms with E-state index in [1.54, 1.807) is 7.11 Å². The first-order chi connectivity index (χ1) is 8.40. The summed E-state index contributed by atoms with van der Waals surface area (Å²) in [5.41, 5.74) is 3.76. The molecule has 1 aromatic heterocycles. The van der Waals surface area contributed by atoms with Gasteiger partial charge < -0.3 is 14.6 Å². The van der Waals surface area contributed by atoms with Gasteiger partial charge in [-0.15, -0.1) is 0 Å². The zero-order valence-corrected chi connectivity index (χ0v) is 9.94. The van der Waals surface area contributed by atoms with Crippen LogP contribution >= 0.6 is 0 Å². The molecule has 0 saturated heterocycles. The molecule has 3 nitrogen and oxygen atoms in total. The van der Waals surface area contributed by atoms with Gasteiger partial charge >= 0.3 is 0 Å². The molecule has 0 aliphatic carbocycles. The highest BCUT2D eigenvalue weighted by atomic mass is 16.5. The molecule has 1 N–H and O–H groups in total. The maximum atomic E-state index is 5.43. The van der Waals surface area contributed by atoms with Gasteiger partial charge in [-0.25, -0.2) is 0 Å². The van der Waals surface area contributed by atoms with Gasteiger partial charge in [-0.1, -0.05) is 12.1 Å². The predicted molar refractivity (Wildman–Crippen MR) is 68.1 cm³/mol. The SMILES string of the molecule is COc1ccccc1-c1ccc2n1CCNC2. The van der Waals surface area contributed by atoms with Gasteiger partial charge in [0.05, 0.1) is 12.8 Å². The van der Waals surface area contributed by atoms with Crippen molar-refractivity contribution in [1.82, 2.24) is 9.88 Å². The lowest BCUT2D eigenvalue weighted by atomic mass is 10.1. The van der Waals surface area contributed by atoms with Gasteiger partial charge in [-0.05, 0) is 24.3 Å². The van der Waals surface area contributed by atoms with E-state index in [-0.39, 0.29) is 0 Å². The van der Waals surface area contributed by atoms with Crippen molar-refractivity contribution in [2.75, 3.05) is 13.7 Å². The van der Waals surface area contributed by atoms with Crippen LogP contribution in [-0.4, -0.2) is 18.2 Å². The molecule has 1 aliphatic rings. The normalized spacial score (nSPS) is 14.4. The van der Waals surface area contributed by atoms with Crippen molar-refractivity contribution in [2.45, 2.75) is 13.1 Å². The Kier molecular flexibility index (Phi) is 2.61. The van der Waals surface area contributed by atoms with Gasteiger partial charge in [-0.2, -0.15) is 0 Å². The number of ether oxygens (including phenoxy) is 1. The molecule has 0 unspecified atom stereocenters. The number of fused-ring (bicyclic) bond motifs is 1. The molecule has 0 fully saturated rings. The minimum Gasteiger partial charge on any atom is -0.496 e. The fourth-order valence-electron chi connectivity index (χ4n) is 2.43. The standard InChI is InChI=1S/C14H16N2O/c1-17-14-5-3-2-4-12(14)13-7-6-11-10-15-8-9-16(11)13/h2-7,15H,8-10H2,1H3. The molecule has 0 spiro atoms. The van der Waals surface area contributed by atoms with Crippen LogP contribution in [0.3, 0.4) is 0 Å². The second kappa shape index (κ2) is 4.26. The Morgan fingerprint density at radius 2 is 2.06 bits per heavy atom. The Morgan fingerprint density at radius 3 is 2.94 bits per heavy atom. The van der Waals surface area contributed by atoms with E-state index in [2.05, 4.69) is 34.1 Å². The number of aromatic nitrogens is 1. The topological polar surface area (TPSA) is 26.2 Å². The predicted octanol–water partition coefficient (Wildman–Crippen LogP) is 2.27. The molecule has 0 atom stereocenters. The number of hydrogen-bond acceptors (Lipinski definition) is 2. The molecule has 0 bridgehead atoms. The molecule has 17 heavy (non-hydrogen) atoms. The largest absolute Gasteiger partial charge is 0.496 e. The van der Waals surface area contributed by atoms with Gasteiger partial charge in [-0.3, -0.25) is 0 Å². The maximum absolute atomic E-state index is 5.43. The molecule has 1 aliphatic heterocycles. The van der Waals surface area contributed by atoms with Crippen LogP contribution in [-0.2, 0) is 13.1 Å². The molecule has 0 amide bonds. The number of methoxy groups -OCH3 is 1. The van der Waals surface area contributed by atoms with Crippen LogP contribution in [0.5, 0.6) is 5.75 Å². The Balaban J connectivity index is 2.12. The van der Waals surface area contributed by atoms with Gasteiger partial charge in [0.1, 0.15) is 5.75 Å². The lowest BCUT2D eigenvalue weighted by Crippen LogP contribution is -2.27. The lowest BCUT2D eigenvalue weighted by Gasteiger charge is -2.20. The zero-order chi connectivity index (χ0) is 11.7. The zero-order valence-electron chi connectivity index (χ0n) is 9.94. The van der Waals surface area contributed by atoms with Gasteiger partial charge in [0.25, 0.3) is 0 Å². The summed E-state index contributed by atoms with van der Waals surface area (Å²) in [4.78, 5) is 0. The lowest BCUT2D eigenvalue weighted by molar-refractivity contribution is 0.415. The molecule has 88 valence electrons. The molecular formula is C14H16N2O. The third-order valence-electron chi connectivity index (χ3n) is 3.27. The number of hydrogen-bond donors (Lipinski definition) is 1. The van der Waals surface area contributed by atoms with Crippen molar-refractivity contribution in [2.24, 2.45) is 0 Å². The van der Waals surface area contributed by atoms with Crippen LogP contribution in [0.25, 0.3) is 11.3 Å². The first-order valence-corrected chi connectivity index (χ1v) is 5.92. The van der Waals surface area contributed by atoms with Crippen molar-refractivity contribution >= 4 is 0 Å². The average Bonchev–Trinajstić information content (AvgIpc) is 2.82. The highest BCUT2D eigenvalue weighted by Crippen LogP contribution is 2.31. The second-order valence-corrected chi connectivity index (χ2v) is 4.24. The first-order valence-electron chi connectivity index (χ1n) is 5.92. The number of rotatable bonds is 2. The molecular weight excluding hydrogens is 212 g/mol. The molecule has 0 radical (unpaired) electrons. The van der Waals surface area contributed by atoms with Crippen LogP contribution in [0.1, 0.15) is 5.69 Å². The maximum Gasteiger partial charge on any atom is 0.128 e. The molecule has 0 saturated carbocycles. The third kappa shape index (κ3) is 1.72. The smallest absolute Gasteiger partial charge is 0.128 e. The number of nitrogens with zero attached hydrogens (tertiary/aromatic N) is 1. The number of para-hydroxylation sites is 1. The summed E-state index contributed by atoms with van der Waals surface area (Å²) in [6.45, 7) is 3.01. The molecule has 2 aromatic rings. The van der Waals surface area contributed by atoms with Gasteiger partial charge in [0.15, 0.2) is 0 Å². The summed E-state index contributed by atoms with van der Waals surface area (Å²) in [6, 6.07) is 12.6. The summed E-state index contributed by atoms with van der Waals surface area (Å²) < 4.78 is 7.80. The molecule has 1 aromatic carbocycles. The quantitative estimate of drug-likeness (QED) is 0.853. The van der Waals surface area contributed by atoms with E-state index in [1.165, 1.54) is 17.0 Å². The minimum atomic E-state index is 0.937. The van der Waals surface area contributed by atoms with Crippen LogP contribution < -0.4 is 10.1 Å². The van der Waals surface area contributed by atoms with Crippen LogP contribution in [0.4, 0.5) is 0 Å². The third-order valence-corrected chi connectivity index (χ3v) is 3.27. The summed E-state index contributed by atoms with van der Waals surface area (Å²) in [5.74, 6) is 0.937. The highest BCUT2D eigenvalue weighted by Gasteiger charge is 2.15. The monoisotopic (exact) mass is 228 g/mol. The van der Waals surface area contributed by atoms with Crippen molar-refractivity contribution in [3.63, 3.8) is 0 Å². The highest BCUT2D eigenvalue weighted by molar-refractivity contribution is 5.68. The van der Waals surface area contributed by atoms with Crippen molar-refractivity contribution < 1.29 is 4.74 Å². The van der Waals surface area contributed by atoms with Crippen molar-refractivity contribution in [1.29, 1.82) is 0 Å². The van der Waals surface area contributed by atoms with Crippen molar-refractivity contribution in [3.05, 3.63) is 42.1 Å². The average molecular weight is 228 g/mol. The fraction of sp³-hybridized carbons (Fsp3) is 0.286. The van der Waals surface area contributed by atoms with E-state index in [0.717, 1.165) is 25.4 Å². The van der Waals surface area contributed by atoms with Gasteiger partial charge in [0, 0.05) is 30.9 Å². The Morgan fingerprint density at radius 1 is 1.18 bits per heavy atom. The fourth-order valence-corrected chi connectivity index (χ4v) is 2.43. The van der Waals surface area contributed by atoms with E-state index >= 15 is 0 Å². The number of nitrogens with one attached hydrogen (secondary N) is 1. The van der Waals surface area contributed by atoms with E-state index in [9.17, 15) is 0 Å².